The van der Waals surface area contributed by atoms with E-state index in [0.29, 0.717) is 5.25 Å². The van der Waals surface area contributed by atoms with Crippen LogP contribution in [-0.2, 0) is 0 Å². The van der Waals surface area contributed by atoms with Crippen molar-refractivity contribution in [3.63, 3.8) is 0 Å². The predicted octanol–water partition coefficient (Wildman–Crippen LogP) is 3.28. The first kappa shape index (κ1) is 11.2. The fourth-order valence-corrected chi connectivity index (χ4v) is 2.01. The van der Waals surface area contributed by atoms with Gasteiger partial charge in [-0.25, -0.2) is 4.98 Å². The molecule has 0 bridgehead atoms. The lowest BCUT2D eigenvalue weighted by Crippen LogP contribution is -1.87. The zero-order chi connectivity index (χ0) is 11.5. The summed E-state index contributed by atoms with van der Waals surface area (Å²) in [4.78, 5) is 4.45. The molecule has 2 rings (SSSR count). The van der Waals surface area contributed by atoms with E-state index in [2.05, 4.69) is 60.2 Å². The van der Waals surface area contributed by atoms with E-state index in [1.807, 2.05) is 0 Å². The van der Waals surface area contributed by atoms with Crippen LogP contribution in [0.25, 0.3) is 11.4 Å². The van der Waals surface area contributed by atoms with Crippen LogP contribution in [0.1, 0.15) is 19.4 Å². The molecule has 0 amide bonds. The van der Waals surface area contributed by atoms with Crippen molar-refractivity contribution in [2.24, 2.45) is 0 Å². The lowest BCUT2D eigenvalue weighted by Gasteiger charge is -1.97. The average molecular weight is 233 g/mol. The number of hydrogen-bond donors (Lipinski definition) is 1. The molecule has 0 saturated carbocycles. The first-order chi connectivity index (χ1) is 7.65. The molecule has 0 saturated heterocycles. The quantitative estimate of drug-likeness (QED) is 0.827. The van der Waals surface area contributed by atoms with E-state index in [4.69, 9.17) is 0 Å². The van der Waals surface area contributed by atoms with Gasteiger partial charge in [0.1, 0.15) is 0 Å². The molecule has 1 heterocycles. The highest BCUT2D eigenvalue weighted by Gasteiger charge is 2.07. The summed E-state index contributed by atoms with van der Waals surface area (Å²) in [5.41, 5.74) is 2.33. The number of aryl methyl sites for hydroxylation is 1. The standard InChI is InChI=1S/C12H15N3S/c1-8(2)16-12-13-11(14-15-12)10-6-4-9(3)5-7-10/h4-8H,1-3H3,(H,13,14,15). The number of aromatic nitrogens is 3. The van der Waals surface area contributed by atoms with Crippen molar-refractivity contribution < 1.29 is 0 Å². The normalized spacial score (nSPS) is 11.0. The fourth-order valence-electron chi connectivity index (χ4n) is 1.35. The van der Waals surface area contributed by atoms with Crippen LogP contribution in [0, 0.1) is 6.92 Å². The largest absolute Gasteiger partial charge is 0.258 e. The maximum atomic E-state index is 4.45. The van der Waals surface area contributed by atoms with Crippen LogP contribution < -0.4 is 0 Å². The molecular formula is C12H15N3S. The lowest BCUT2D eigenvalue weighted by molar-refractivity contribution is 0.961. The molecule has 3 nitrogen and oxygen atoms in total. The van der Waals surface area contributed by atoms with Gasteiger partial charge in [-0.15, -0.1) is 5.10 Å². The SMILES string of the molecule is Cc1ccc(-c2nc(SC(C)C)n[nH]2)cc1. The minimum absolute atomic E-state index is 0.502. The van der Waals surface area contributed by atoms with E-state index in [9.17, 15) is 0 Å². The molecule has 0 aliphatic rings. The summed E-state index contributed by atoms with van der Waals surface area (Å²) in [6.45, 7) is 6.34. The van der Waals surface area contributed by atoms with E-state index in [1.54, 1.807) is 11.8 Å². The number of rotatable bonds is 3. The third kappa shape index (κ3) is 2.64. The Bertz CT molecular complexity index is 459. The van der Waals surface area contributed by atoms with Gasteiger partial charge >= 0.3 is 0 Å². The van der Waals surface area contributed by atoms with Crippen molar-refractivity contribution in [3.8, 4) is 11.4 Å². The van der Waals surface area contributed by atoms with Crippen LogP contribution in [0.3, 0.4) is 0 Å². The summed E-state index contributed by atoms with van der Waals surface area (Å²) in [6.07, 6.45) is 0. The second-order valence-corrected chi connectivity index (χ2v) is 5.54. The van der Waals surface area contributed by atoms with Crippen molar-refractivity contribution in [3.05, 3.63) is 29.8 Å². The monoisotopic (exact) mass is 233 g/mol. The summed E-state index contributed by atoms with van der Waals surface area (Å²) in [6, 6.07) is 8.26. The van der Waals surface area contributed by atoms with Crippen LogP contribution in [0.15, 0.2) is 29.4 Å². The van der Waals surface area contributed by atoms with Crippen molar-refractivity contribution in [2.75, 3.05) is 0 Å². The van der Waals surface area contributed by atoms with Crippen molar-refractivity contribution >= 4 is 11.8 Å². The maximum absolute atomic E-state index is 4.45. The van der Waals surface area contributed by atoms with Crippen LogP contribution in [0.5, 0.6) is 0 Å². The van der Waals surface area contributed by atoms with E-state index >= 15 is 0 Å². The lowest BCUT2D eigenvalue weighted by atomic mass is 10.1. The number of nitrogens with zero attached hydrogens (tertiary/aromatic N) is 2. The number of hydrogen-bond acceptors (Lipinski definition) is 3. The fraction of sp³-hybridized carbons (Fsp3) is 0.333. The topological polar surface area (TPSA) is 41.6 Å². The van der Waals surface area contributed by atoms with E-state index in [0.717, 1.165) is 16.5 Å². The molecular weight excluding hydrogens is 218 g/mol. The number of nitrogens with one attached hydrogen (secondary N) is 1. The van der Waals surface area contributed by atoms with Crippen LogP contribution >= 0.6 is 11.8 Å². The van der Waals surface area contributed by atoms with Gasteiger partial charge in [0.25, 0.3) is 0 Å². The molecule has 0 fully saturated rings. The molecule has 0 atom stereocenters. The number of aromatic amines is 1. The van der Waals surface area contributed by atoms with Gasteiger partial charge in [-0.3, -0.25) is 5.10 Å². The number of thioether (sulfide) groups is 1. The van der Waals surface area contributed by atoms with Crippen LogP contribution in [0.2, 0.25) is 0 Å². The highest BCUT2D eigenvalue weighted by atomic mass is 32.2. The Balaban J connectivity index is 2.21. The number of benzene rings is 1. The van der Waals surface area contributed by atoms with Gasteiger partial charge in [0.2, 0.25) is 5.16 Å². The summed E-state index contributed by atoms with van der Waals surface area (Å²) < 4.78 is 0. The van der Waals surface area contributed by atoms with E-state index in [1.165, 1.54) is 5.56 Å². The Morgan fingerprint density at radius 1 is 1.19 bits per heavy atom. The number of H-pyrrole nitrogens is 1. The first-order valence-electron chi connectivity index (χ1n) is 5.31. The highest BCUT2D eigenvalue weighted by Crippen LogP contribution is 2.22. The Hall–Kier alpha value is -1.29. The molecule has 0 aliphatic heterocycles. The molecule has 1 aromatic carbocycles. The Labute approximate surface area is 99.7 Å². The van der Waals surface area contributed by atoms with Gasteiger partial charge in [0.15, 0.2) is 5.82 Å². The molecule has 16 heavy (non-hydrogen) atoms. The van der Waals surface area contributed by atoms with Gasteiger partial charge in [0, 0.05) is 10.8 Å². The minimum Gasteiger partial charge on any atom is -0.258 e. The summed E-state index contributed by atoms with van der Waals surface area (Å²) >= 11 is 1.66. The highest BCUT2D eigenvalue weighted by molar-refractivity contribution is 7.99. The van der Waals surface area contributed by atoms with Crippen LogP contribution in [-0.4, -0.2) is 20.4 Å². The Kier molecular flexibility index (Phi) is 3.29. The van der Waals surface area contributed by atoms with Crippen LogP contribution in [0.4, 0.5) is 0 Å². The molecule has 0 unspecified atom stereocenters. The summed E-state index contributed by atoms with van der Waals surface area (Å²) in [7, 11) is 0. The molecule has 1 N–H and O–H groups in total. The van der Waals surface area contributed by atoms with Crippen molar-refractivity contribution in [2.45, 2.75) is 31.2 Å². The van der Waals surface area contributed by atoms with Gasteiger partial charge in [0.05, 0.1) is 0 Å². The van der Waals surface area contributed by atoms with E-state index in [-0.39, 0.29) is 0 Å². The van der Waals surface area contributed by atoms with E-state index < -0.39 is 0 Å². The zero-order valence-corrected chi connectivity index (χ0v) is 10.5. The minimum atomic E-state index is 0.502. The molecule has 1 aromatic heterocycles. The molecule has 2 aromatic rings. The Morgan fingerprint density at radius 3 is 2.50 bits per heavy atom. The van der Waals surface area contributed by atoms with Gasteiger partial charge < -0.3 is 0 Å². The molecule has 84 valence electrons. The average Bonchev–Trinajstić information content (AvgIpc) is 2.66. The smallest absolute Gasteiger partial charge is 0.208 e. The van der Waals surface area contributed by atoms with Crippen molar-refractivity contribution in [1.82, 2.24) is 15.2 Å². The Morgan fingerprint density at radius 2 is 1.88 bits per heavy atom. The van der Waals surface area contributed by atoms with Gasteiger partial charge in [-0.2, -0.15) is 0 Å². The van der Waals surface area contributed by atoms with Crippen molar-refractivity contribution in [1.29, 1.82) is 0 Å². The van der Waals surface area contributed by atoms with Gasteiger partial charge in [-0.1, -0.05) is 55.4 Å². The summed E-state index contributed by atoms with van der Waals surface area (Å²) in [5.74, 6) is 0.836. The summed E-state index contributed by atoms with van der Waals surface area (Å²) in [5, 5.41) is 8.46. The first-order valence-corrected chi connectivity index (χ1v) is 6.19. The second-order valence-electron chi connectivity index (χ2n) is 4.00. The molecule has 0 spiro atoms. The third-order valence-electron chi connectivity index (χ3n) is 2.13. The molecule has 4 heteroatoms. The maximum Gasteiger partial charge on any atom is 0.208 e. The predicted molar refractivity (Wildman–Crippen MR) is 67.5 cm³/mol. The second kappa shape index (κ2) is 4.70. The molecule has 0 radical (unpaired) electrons. The zero-order valence-electron chi connectivity index (χ0n) is 9.69. The third-order valence-corrected chi connectivity index (χ3v) is 3.00. The van der Waals surface area contributed by atoms with Gasteiger partial charge in [-0.05, 0) is 6.92 Å². The molecule has 0 aliphatic carbocycles.